The van der Waals surface area contributed by atoms with Crippen LogP contribution in [0.3, 0.4) is 0 Å². The van der Waals surface area contributed by atoms with E-state index in [9.17, 15) is 14.7 Å². The predicted octanol–water partition coefficient (Wildman–Crippen LogP) is 4.65. The minimum atomic E-state index is -0.998. The quantitative estimate of drug-likeness (QED) is 0.327. The van der Waals surface area contributed by atoms with Crippen molar-refractivity contribution in [2.24, 2.45) is 0 Å². The fourth-order valence-corrected chi connectivity index (χ4v) is 4.35. The molecule has 0 fully saturated rings. The maximum absolute atomic E-state index is 12.8. The number of aromatic nitrogens is 1. The molecule has 3 aromatic rings. The Kier molecular flexibility index (Phi) is 10.7. The smallest absolute Gasteiger partial charge is 0.407 e. The molecule has 0 spiro atoms. The maximum atomic E-state index is 12.8. The van der Waals surface area contributed by atoms with Crippen molar-refractivity contribution in [3.8, 4) is 0 Å². The van der Waals surface area contributed by atoms with Crippen molar-refractivity contribution in [2.45, 2.75) is 57.4 Å². The number of ether oxygens (including phenoxy) is 2. The van der Waals surface area contributed by atoms with E-state index in [2.05, 4.69) is 15.6 Å². The number of alkyl carbamates (subject to hydrolysis) is 2. The molecule has 0 bridgehead atoms. The summed E-state index contributed by atoms with van der Waals surface area (Å²) in [5.74, 6) is -0.260. The van der Waals surface area contributed by atoms with Crippen LogP contribution in [0.25, 0.3) is 0 Å². The highest BCUT2D eigenvalue weighted by atomic mass is 32.1. The van der Waals surface area contributed by atoms with Gasteiger partial charge in [0.25, 0.3) is 0 Å². The van der Waals surface area contributed by atoms with Gasteiger partial charge in [-0.05, 0) is 31.4 Å². The third-order valence-electron chi connectivity index (χ3n) is 5.54. The van der Waals surface area contributed by atoms with Crippen LogP contribution >= 0.6 is 11.3 Å². The zero-order chi connectivity index (χ0) is 25.8. The van der Waals surface area contributed by atoms with Gasteiger partial charge in [0.15, 0.2) is 0 Å². The number of benzene rings is 2. The van der Waals surface area contributed by atoms with Gasteiger partial charge >= 0.3 is 12.2 Å². The van der Waals surface area contributed by atoms with E-state index in [1.54, 1.807) is 11.7 Å². The van der Waals surface area contributed by atoms with Gasteiger partial charge in [-0.25, -0.2) is 9.59 Å². The van der Waals surface area contributed by atoms with Crippen molar-refractivity contribution in [1.82, 2.24) is 15.6 Å². The van der Waals surface area contributed by atoms with Crippen LogP contribution in [0.4, 0.5) is 9.59 Å². The number of amides is 2. The lowest BCUT2D eigenvalue weighted by molar-refractivity contribution is 0.0660. The summed E-state index contributed by atoms with van der Waals surface area (Å²) >= 11 is 1.39. The molecule has 192 valence electrons. The average molecular weight is 512 g/mol. The van der Waals surface area contributed by atoms with Gasteiger partial charge in [0, 0.05) is 24.6 Å². The number of nitrogens with zero attached hydrogens (tertiary/aromatic N) is 1. The van der Waals surface area contributed by atoms with Crippen molar-refractivity contribution in [2.75, 3.05) is 6.61 Å². The number of nitrogens with one attached hydrogen (secondary N) is 2. The Morgan fingerprint density at radius 2 is 1.64 bits per heavy atom. The second kappa shape index (κ2) is 14.2. The minimum absolute atomic E-state index is 0.000654. The van der Waals surface area contributed by atoms with Crippen LogP contribution in [0.15, 0.2) is 72.4 Å². The molecule has 0 aliphatic carbocycles. The molecule has 1 aromatic heterocycles. The molecule has 0 radical (unpaired) electrons. The maximum Gasteiger partial charge on any atom is 0.407 e. The SMILES string of the molecule is CC(C)NC(=O)OCCC(O)C(NC(=O)OCc1cncs1)C(Cc1ccccc1)c1ccccc1. The monoisotopic (exact) mass is 511 g/mol. The number of aliphatic hydroxyl groups is 1. The molecule has 3 N–H and O–H groups in total. The van der Waals surface area contributed by atoms with E-state index in [0.29, 0.717) is 6.42 Å². The van der Waals surface area contributed by atoms with Gasteiger partial charge in [-0.15, -0.1) is 11.3 Å². The van der Waals surface area contributed by atoms with E-state index < -0.39 is 24.3 Å². The van der Waals surface area contributed by atoms with Crippen LogP contribution in [-0.4, -0.2) is 47.1 Å². The summed E-state index contributed by atoms with van der Waals surface area (Å²) in [6.07, 6.45) is 0.183. The zero-order valence-electron chi connectivity index (χ0n) is 20.5. The second-order valence-corrected chi connectivity index (χ2v) is 9.68. The van der Waals surface area contributed by atoms with Gasteiger partial charge in [-0.3, -0.25) is 4.98 Å². The number of hydrogen-bond acceptors (Lipinski definition) is 7. The summed E-state index contributed by atoms with van der Waals surface area (Å²) in [5, 5.41) is 16.8. The number of thiazole rings is 1. The third kappa shape index (κ3) is 8.98. The number of carbonyl (C=O) groups excluding carboxylic acids is 2. The highest BCUT2D eigenvalue weighted by molar-refractivity contribution is 7.09. The largest absolute Gasteiger partial charge is 0.449 e. The molecule has 3 unspecified atom stereocenters. The Labute approximate surface area is 215 Å². The van der Waals surface area contributed by atoms with Gasteiger partial charge in [-0.2, -0.15) is 0 Å². The van der Waals surface area contributed by atoms with Crippen molar-refractivity contribution >= 4 is 23.5 Å². The van der Waals surface area contributed by atoms with Crippen LogP contribution in [0.5, 0.6) is 0 Å². The molecule has 3 atom stereocenters. The minimum Gasteiger partial charge on any atom is -0.449 e. The Bertz CT molecular complexity index is 1050. The van der Waals surface area contributed by atoms with Gasteiger partial charge in [0.1, 0.15) is 6.61 Å². The Morgan fingerprint density at radius 3 is 2.28 bits per heavy atom. The second-order valence-electron chi connectivity index (χ2n) is 8.71. The first-order valence-corrected chi connectivity index (χ1v) is 12.8. The molecular weight excluding hydrogens is 478 g/mol. The fourth-order valence-electron chi connectivity index (χ4n) is 3.84. The molecule has 0 saturated carbocycles. The van der Waals surface area contributed by atoms with Crippen molar-refractivity contribution in [1.29, 1.82) is 0 Å². The van der Waals surface area contributed by atoms with Gasteiger partial charge in [0.2, 0.25) is 0 Å². The molecular formula is C27H33N3O5S. The fraction of sp³-hybridized carbons (Fsp3) is 0.370. The van der Waals surface area contributed by atoms with E-state index >= 15 is 0 Å². The van der Waals surface area contributed by atoms with Crippen molar-refractivity contribution in [3.05, 3.63) is 88.4 Å². The van der Waals surface area contributed by atoms with E-state index in [1.165, 1.54) is 11.3 Å². The van der Waals surface area contributed by atoms with Crippen LogP contribution in [-0.2, 0) is 22.5 Å². The standard InChI is InChI=1S/C27H33N3O5S/c1-19(2)29-26(32)34-14-13-24(31)25(30-27(33)35-17-22-16-28-18-36-22)23(21-11-7-4-8-12-21)15-20-9-5-3-6-10-20/h3-12,16,18-19,23-25,31H,13-15,17H2,1-2H3,(H,29,32)(H,30,33). The predicted molar refractivity (Wildman–Crippen MR) is 139 cm³/mol. The van der Waals surface area contributed by atoms with Gasteiger partial charge < -0.3 is 25.2 Å². The molecule has 8 nitrogen and oxygen atoms in total. The first kappa shape index (κ1) is 27.2. The summed E-state index contributed by atoms with van der Waals surface area (Å²) in [6.45, 7) is 3.76. The highest BCUT2D eigenvalue weighted by Crippen LogP contribution is 2.28. The van der Waals surface area contributed by atoms with E-state index in [-0.39, 0.29) is 31.6 Å². The molecule has 0 saturated heterocycles. The van der Waals surface area contributed by atoms with E-state index in [0.717, 1.165) is 16.0 Å². The summed E-state index contributed by atoms with van der Waals surface area (Å²) in [5.41, 5.74) is 3.70. The first-order chi connectivity index (χ1) is 17.4. The average Bonchev–Trinajstić information content (AvgIpc) is 3.39. The highest BCUT2D eigenvalue weighted by Gasteiger charge is 2.32. The number of rotatable bonds is 12. The number of carbonyl (C=O) groups is 2. The molecule has 0 aliphatic heterocycles. The molecule has 0 aliphatic rings. The Balaban J connectivity index is 1.78. The van der Waals surface area contributed by atoms with Crippen LogP contribution in [0.1, 0.15) is 42.2 Å². The van der Waals surface area contributed by atoms with Gasteiger partial charge in [0.05, 0.1) is 29.1 Å². The topological polar surface area (TPSA) is 110 Å². The summed E-state index contributed by atoms with van der Waals surface area (Å²) in [6, 6.07) is 18.9. The molecule has 1 heterocycles. The summed E-state index contributed by atoms with van der Waals surface area (Å²) in [7, 11) is 0. The van der Waals surface area contributed by atoms with Crippen LogP contribution in [0.2, 0.25) is 0 Å². The van der Waals surface area contributed by atoms with Crippen LogP contribution in [0, 0.1) is 0 Å². The van der Waals surface area contributed by atoms with Crippen LogP contribution < -0.4 is 10.6 Å². The molecule has 2 amide bonds. The molecule has 9 heteroatoms. The van der Waals surface area contributed by atoms with Crippen molar-refractivity contribution < 1.29 is 24.2 Å². The van der Waals surface area contributed by atoms with E-state index in [4.69, 9.17) is 9.47 Å². The zero-order valence-corrected chi connectivity index (χ0v) is 21.3. The molecule has 36 heavy (non-hydrogen) atoms. The Morgan fingerprint density at radius 1 is 0.972 bits per heavy atom. The lowest BCUT2D eigenvalue weighted by atomic mass is 9.82. The number of aliphatic hydroxyl groups excluding tert-OH is 1. The van der Waals surface area contributed by atoms with Gasteiger partial charge in [-0.1, -0.05) is 60.7 Å². The molecule has 3 rings (SSSR count). The lowest BCUT2D eigenvalue weighted by Crippen LogP contribution is -2.48. The third-order valence-corrected chi connectivity index (χ3v) is 6.29. The summed E-state index contributed by atoms with van der Waals surface area (Å²) < 4.78 is 10.6. The molecule has 2 aromatic carbocycles. The summed E-state index contributed by atoms with van der Waals surface area (Å²) in [4.78, 5) is 29.5. The van der Waals surface area contributed by atoms with Crippen molar-refractivity contribution in [3.63, 3.8) is 0 Å². The Hall–Kier alpha value is -3.43. The normalized spacial score (nSPS) is 13.4. The lowest BCUT2D eigenvalue weighted by Gasteiger charge is -2.32. The van der Waals surface area contributed by atoms with E-state index in [1.807, 2.05) is 74.5 Å². The number of hydrogen-bond donors (Lipinski definition) is 3. The first-order valence-electron chi connectivity index (χ1n) is 11.9.